The van der Waals surface area contributed by atoms with E-state index in [1.807, 2.05) is 6.07 Å². The molecule has 2 aliphatic rings. The van der Waals surface area contributed by atoms with Crippen LogP contribution in [-0.4, -0.2) is 45.9 Å². The second-order valence-electron chi connectivity index (χ2n) is 7.28. The fourth-order valence-corrected chi connectivity index (χ4v) is 5.21. The van der Waals surface area contributed by atoms with Crippen LogP contribution in [0.1, 0.15) is 5.56 Å². The molecule has 5 heterocycles. The summed E-state index contributed by atoms with van der Waals surface area (Å²) in [5, 5.41) is 6.56. The molecule has 2 fully saturated rings. The van der Waals surface area contributed by atoms with E-state index in [1.54, 1.807) is 30.8 Å². The average molecular weight is 368 g/mol. The normalized spacial score (nSPS) is 22.4. The van der Waals surface area contributed by atoms with Crippen molar-refractivity contribution in [1.82, 2.24) is 19.7 Å². The first kappa shape index (κ1) is 15.7. The zero-order valence-electron chi connectivity index (χ0n) is 14.8. The lowest BCUT2D eigenvalue weighted by atomic mass is 10.0. The highest BCUT2D eigenvalue weighted by Gasteiger charge is 2.41. The van der Waals surface area contributed by atoms with Crippen LogP contribution < -0.4 is 15.4 Å². The molecule has 134 valence electrons. The van der Waals surface area contributed by atoms with E-state index >= 15 is 0 Å². The maximum Gasteiger partial charge on any atom is 0.266 e. The number of rotatable bonds is 2. The topological polar surface area (TPSA) is 67.2 Å². The molecule has 0 spiro atoms. The lowest BCUT2D eigenvalue weighted by Gasteiger charge is -2.23. The first-order chi connectivity index (χ1) is 12.6. The summed E-state index contributed by atoms with van der Waals surface area (Å²) in [6.07, 6.45) is 1.69. The van der Waals surface area contributed by atoms with Gasteiger partial charge in [0.05, 0.1) is 10.2 Å². The Labute approximate surface area is 154 Å². The predicted molar refractivity (Wildman–Crippen MR) is 103 cm³/mol. The van der Waals surface area contributed by atoms with Crippen LogP contribution in [0.25, 0.3) is 10.2 Å². The molecule has 5 rings (SSSR count). The second-order valence-corrected chi connectivity index (χ2v) is 8.16. The van der Waals surface area contributed by atoms with Crippen LogP contribution in [0.4, 0.5) is 11.6 Å². The van der Waals surface area contributed by atoms with E-state index in [9.17, 15) is 4.79 Å². The Morgan fingerprint density at radius 1 is 1.08 bits per heavy atom. The molecule has 2 saturated heterocycles. The van der Waals surface area contributed by atoms with Crippen molar-refractivity contribution in [3.63, 3.8) is 0 Å². The summed E-state index contributed by atoms with van der Waals surface area (Å²) in [6.45, 7) is 6.08. The third-order valence-electron chi connectivity index (χ3n) is 5.57. The summed E-state index contributed by atoms with van der Waals surface area (Å²) in [5.41, 5.74) is 2.23. The Bertz CT molecular complexity index is 1030. The standard InChI is InChI=1S/C18H20N6OS/c1-11-9-26-17-16(11)19-10-20-18(17)24-7-12-5-23(6-13(12)8-24)14-3-4-15(25)22(2)21-14/h3-4,9-10,12-13H,5-8H2,1-2H3. The number of hydrogen-bond acceptors (Lipinski definition) is 7. The molecule has 0 N–H and O–H groups in total. The molecular weight excluding hydrogens is 348 g/mol. The van der Waals surface area contributed by atoms with Gasteiger partial charge in [-0.15, -0.1) is 11.3 Å². The Morgan fingerprint density at radius 3 is 2.54 bits per heavy atom. The van der Waals surface area contributed by atoms with Crippen molar-refractivity contribution in [3.8, 4) is 0 Å². The number of fused-ring (bicyclic) bond motifs is 2. The van der Waals surface area contributed by atoms with E-state index < -0.39 is 0 Å². The number of anilines is 2. The number of hydrogen-bond donors (Lipinski definition) is 0. The molecule has 0 saturated carbocycles. The highest BCUT2D eigenvalue weighted by atomic mass is 32.1. The summed E-state index contributed by atoms with van der Waals surface area (Å²) >= 11 is 1.74. The van der Waals surface area contributed by atoms with Crippen molar-refractivity contribution in [2.24, 2.45) is 18.9 Å². The van der Waals surface area contributed by atoms with Gasteiger partial charge in [-0.05, 0) is 23.9 Å². The maximum atomic E-state index is 11.6. The van der Waals surface area contributed by atoms with Crippen molar-refractivity contribution < 1.29 is 0 Å². The van der Waals surface area contributed by atoms with Crippen LogP contribution in [0.15, 0.2) is 28.6 Å². The van der Waals surface area contributed by atoms with E-state index in [1.165, 1.54) is 14.9 Å². The Balaban J connectivity index is 1.37. The Morgan fingerprint density at radius 2 is 1.81 bits per heavy atom. The highest BCUT2D eigenvalue weighted by molar-refractivity contribution is 7.18. The SMILES string of the molecule is Cc1csc2c(N3CC4CN(c5ccc(=O)n(C)n5)CC4C3)ncnc12. The molecule has 0 amide bonds. The number of thiophene rings is 1. The molecule has 8 heteroatoms. The Hall–Kier alpha value is -2.48. The molecule has 3 aromatic rings. The average Bonchev–Trinajstić information content (AvgIpc) is 3.30. The summed E-state index contributed by atoms with van der Waals surface area (Å²) in [7, 11) is 1.70. The van der Waals surface area contributed by atoms with Gasteiger partial charge in [-0.25, -0.2) is 14.6 Å². The highest BCUT2D eigenvalue weighted by Crippen LogP contribution is 2.38. The fraction of sp³-hybridized carbons (Fsp3) is 0.444. The first-order valence-corrected chi connectivity index (χ1v) is 9.71. The lowest BCUT2D eigenvalue weighted by molar-refractivity contribution is 0.533. The number of nitrogens with zero attached hydrogens (tertiary/aromatic N) is 6. The molecular formula is C18H20N6OS. The van der Waals surface area contributed by atoms with Gasteiger partial charge in [0.2, 0.25) is 0 Å². The van der Waals surface area contributed by atoms with Gasteiger partial charge >= 0.3 is 0 Å². The van der Waals surface area contributed by atoms with Gasteiger partial charge in [0.15, 0.2) is 0 Å². The van der Waals surface area contributed by atoms with Crippen molar-refractivity contribution in [2.45, 2.75) is 6.92 Å². The molecule has 3 aromatic heterocycles. The zero-order valence-corrected chi connectivity index (χ0v) is 15.6. The van der Waals surface area contributed by atoms with Crippen LogP contribution in [-0.2, 0) is 7.05 Å². The van der Waals surface area contributed by atoms with Gasteiger partial charge in [0, 0.05) is 51.1 Å². The smallest absolute Gasteiger partial charge is 0.266 e. The van der Waals surface area contributed by atoms with Gasteiger partial charge in [0.1, 0.15) is 18.0 Å². The Kier molecular flexibility index (Phi) is 3.49. The third kappa shape index (κ3) is 2.39. The molecule has 0 aromatic carbocycles. The monoisotopic (exact) mass is 368 g/mol. The number of aryl methyl sites for hydroxylation is 2. The summed E-state index contributed by atoms with van der Waals surface area (Å²) in [4.78, 5) is 25.3. The maximum absolute atomic E-state index is 11.6. The molecule has 2 unspecified atom stereocenters. The van der Waals surface area contributed by atoms with Crippen LogP contribution >= 0.6 is 11.3 Å². The largest absolute Gasteiger partial charge is 0.355 e. The van der Waals surface area contributed by atoms with Gasteiger partial charge < -0.3 is 9.80 Å². The fourth-order valence-electron chi connectivity index (χ4n) is 4.19. The minimum Gasteiger partial charge on any atom is -0.355 e. The zero-order chi connectivity index (χ0) is 17.8. The minimum atomic E-state index is -0.0710. The van der Waals surface area contributed by atoms with E-state index in [2.05, 4.69) is 37.2 Å². The van der Waals surface area contributed by atoms with E-state index in [0.29, 0.717) is 11.8 Å². The molecule has 0 radical (unpaired) electrons. The molecule has 7 nitrogen and oxygen atoms in total. The van der Waals surface area contributed by atoms with E-state index in [0.717, 1.165) is 43.3 Å². The molecule has 26 heavy (non-hydrogen) atoms. The molecule has 0 aliphatic carbocycles. The van der Waals surface area contributed by atoms with Crippen molar-refractivity contribution in [1.29, 1.82) is 0 Å². The summed E-state index contributed by atoms with van der Waals surface area (Å²) < 4.78 is 2.61. The lowest BCUT2D eigenvalue weighted by Crippen LogP contribution is -2.31. The van der Waals surface area contributed by atoms with Crippen molar-refractivity contribution in [3.05, 3.63) is 39.8 Å². The van der Waals surface area contributed by atoms with Gasteiger partial charge in [0.25, 0.3) is 5.56 Å². The molecule has 0 bridgehead atoms. The van der Waals surface area contributed by atoms with Crippen LogP contribution in [0.3, 0.4) is 0 Å². The van der Waals surface area contributed by atoms with Crippen LogP contribution in [0.5, 0.6) is 0 Å². The quantitative estimate of drug-likeness (QED) is 0.685. The van der Waals surface area contributed by atoms with Crippen LogP contribution in [0, 0.1) is 18.8 Å². The molecule has 2 atom stereocenters. The predicted octanol–water partition coefficient (Wildman–Crippen LogP) is 1.67. The third-order valence-corrected chi connectivity index (χ3v) is 6.65. The van der Waals surface area contributed by atoms with E-state index in [4.69, 9.17) is 0 Å². The van der Waals surface area contributed by atoms with Crippen LogP contribution in [0.2, 0.25) is 0 Å². The number of aromatic nitrogens is 4. The van der Waals surface area contributed by atoms with Crippen molar-refractivity contribution in [2.75, 3.05) is 36.0 Å². The van der Waals surface area contributed by atoms with Gasteiger partial charge in [-0.2, -0.15) is 5.10 Å². The van der Waals surface area contributed by atoms with Gasteiger partial charge in [-0.1, -0.05) is 0 Å². The second kappa shape index (κ2) is 5.77. The van der Waals surface area contributed by atoms with Gasteiger partial charge in [-0.3, -0.25) is 4.79 Å². The minimum absolute atomic E-state index is 0.0710. The summed E-state index contributed by atoms with van der Waals surface area (Å²) in [5.74, 6) is 3.17. The summed E-state index contributed by atoms with van der Waals surface area (Å²) in [6, 6.07) is 3.43. The van der Waals surface area contributed by atoms with E-state index in [-0.39, 0.29) is 5.56 Å². The molecule has 2 aliphatic heterocycles. The van der Waals surface area contributed by atoms with Crippen molar-refractivity contribution >= 4 is 33.2 Å². The first-order valence-electron chi connectivity index (χ1n) is 8.83.